The first-order valence-electron chi connectivity index (χ1n) is 8.62. The molecule has 1 aromatic rings. The second kappa shape index (κ2) is 9.57. The van der Waals surface area contributed by atoms with E-state index < -0.39 is 29.4 Å². The van der Waals surface area contributed by atoms with Gasteiger partial charge in [0.1, 0.15) is 11.6 Å². The van der Waals surface area contributed by atoms with Crippen LogP contribution in [0, 0.1) is 5.92 Å². The molecule has 2 amide bonds. The number of hydrogen-bond donors (Lipinski definition) is 2. The molecule has 0 aromatic heterocycles. The Morgan fingerprint density at radius 2 is 1.85 bits per heavy atom. The van der Waals surface area contributed by atoms with E-state index in [1.54, 1.807) is 31.2 Å². The number of amides is 2. The number of rotatable bonds is 8. The number of nitrogens with one attached hydrogen (secondary N) is 2. The van der Waals surface area contributed by atoms with Gasteiger partial charge >= 0.3 is 5.97 Å². The van der Waals surface area contributed by atoms with Gasteiger partial charge in [-0.05, 0) is 31.4 Å². The van der Waals surface area contributed by atoms with Crippen LogP contribution in [0.25, 0.3) is 0 Å². The van der Waals surface area contributed by atoms with Crippen LogP contribution in [0.1, 0.15) is 50.9 Å². The number of benzene rings is 1. The molecule has 2 unspecified atom stereocenters. The van der Waals surface area contributed by atoms with E-state index in [0.29, 0.717) is 17.9 Å². The average Bonchev–Trinajstić information content (AvgIpc) is 2.58. The third kappa shape index (κ3) is 5.46. The number of hydrogen-bond acceptors (Lipinski definition) is 4. The highest BCUT2D eigenvalue weighted by Crippen LogP contribution is 2.18. The second-order valence-electron chi connectivity index (χ2n) is 6.74. The van der Waals surface area contributed by atoms with Crippen molar-refractivity contribution >= 4 is 29.4 Å². The van der Waals surface area contributed by atoms with Gasteiger partial charge in [-0.2, -0.15) is 0 Å². The van der Waals surface area contributed by atoms with Gasteiger partial charge in [0.05, 0.1) is 17.7 Å². The van der Waals surface area contributed by atoms with Crippen LogP contribution >= 0.6 is 11.6 Å². The molecular weight excluding hydrogens is 356 g/mol. The number of carbonyl (C=O) groups is 3. The Balaban J connectivity index is 2.98. The molecule has 0 bridgehead atoms. The van der Waals surface area contributed by atoms with Gasteiger partial charge in [0.2, 0.25) is 5.91 Å². The Morgan fingerprint density at radius 1 is 1.23 bits per heavy atom. The van der Waals surface area contributed by atoms with Crippen LogP contribution in [0.5, 0.6) is 0 Å². The molecule has 0 fully saturated rings. The van der Waals surface area contributed by atoms with E-state index in [2.05, 4.69) is 10.6 Å². The summed E-state index contributed by atoms with van der Waals surface area (Å²) in [6.07, 6.45) is 1.11. The first-order valence-corrected chi connectivity index (χ1v) is 9.00. The number of ether oxygens (including phenoxy) is 1. The van der Waals surface area contributed by atoms with Crippen LogP contribution in [0.4, 0.5) is 0 Å². The Labute approximate surface area is 159 Å². The minimum Gasteiger partial charge on any atom is -0.467 e. The lowest BCUT2D eigenvalue weighted by molar-refractivity contribution is -0.151. The van der Waals surface area contributed by atoms with Crippen molar-refractivity contribution in [3.8, 4) is 0 Å². The molecule has 7 heteroatoms. The van der Waals surface area contributed by atoms with E-state index in [0.717, 1.165) is 0 Å². The van der Waals surface area contributed by atoms with E-state index in [1.807, 2.05) is 20.8 Å². The van der Waals surface area contributed by atoms with Crippen molar-refractivity contribution < 1.29 is 19.1 Å². The number of halogens is 1. The van der Waals surface area contributed by atoms with Crippen molar-refractivity contribution in [2.45, 2.75) is 52.1 Å². The molecule has 0 saturated heterocycles. The van der Waals surface area contributed by atoms with Gasteiger partial charge in [0, 0.05) is 0 Å². The van der Waals surface area contributed by atoms with Gasteiger partial charge in [0.25, 0.3) is 5.91 Å². The topological polar surface area (TPSA) is 84.5 Å². The summed E-state index contributed by atoms with van der Waals surface area (Å²) in [7, 11) is 1.28. The predicted octanol–water partition coefficient (Wildman–Crippen LogP) is 2.94. The number of methoxy groups -OCH3 is 1. The smallest absolute Gasteiger partial charge is 0.331 e. The Morgan fingerprint density at radius 3 is 2.35 bits per heavy atom. The minimum atomic E-state index is -1.15. The summed E-state index contributed by atoms with van der Waals surface area (Å²) in [5.41, 5.74) is -0.861. The standard InChI is InChI=1S/C19H27ClN2O4/c1-6-11-19(4,18(25)26-5)22-17(24)15(12(2)3)21-16(23)13-9-7-8-10-14(13)20/h7-10,12,15H,6,11H2,1-5H3,(H,21,23)(H,22,24). The minimum absolute atomic E-state index is 0.190. The van der Waals surface area contributed by atoms with Gasteiger partial charge in [-0.3, -0.25) is 9.59 Å². The summed E-state index contributed by atoms with van der Waals surface area (Å²) < 4.78 is 4.82. The molecular formula is C19H27ClN2O4. The van der Waals surface area contributed by atoms with E-state index in [-0.39, 0.29) is 11.5 Å². The molecule has 0 aliphatic rings. The fourth-order valence-electron chi connectivity index (χ4n) is 2.69. The zero-order valence-electron chi connectivity index (χ0n) is 15.9. The molecule has 144 valence electrons. The van der Waals surface area contributed by atoms with Gasteiger partial charge in [-0.25, -0.2) is 4.79 Å². The number of carbonyl (C=O) groups excluding carboxylic acids is 3. The fourth-order valence-corrected chi connectivity index (χ4v) is 2.91. The average molecular weight is 383 g/mol. The molecule has 0 aliphatic carbocycles. The Kier molecular flexibility index (Phi) is 8.08. The monoisotopic (exact) mass is 382 g/mol. The predicted molar refractivity (Wildman–Crippen MR) is 101 cm³/mol. The molecule has 1 rings (SSSR count). The zero-order valence-corrected chi connectivity index (χ0v) is 16.6. The summed E-state index contributed by atoms with van der Waals surface area (Å²) >= 11 is 6.05. The quantitative estimate of drug-likeness (QED) is 0.677. The molecule has 0 spiro atoms. The van der Waals surface area contributed by atoms with Crippen LogP contribution in [0.15, 0.2) is 24.3 Å². The maximum absolute atomic E-state index is 12.8. The van der Waals surface area contributed by atoms with E-state index >= 15 is 0 Å². The highest BCUT2D eigenvalue weighted by Gasteiger charge is 2.38. The van der Waals surface area contributed by atoms with Crippen molar-refractivity contribution in [3.05, 3.63) is 34.9 Å². The third-order valence-electron chi connectivity index (χ3n) is 4.14. The highest BCUT2D eigenvalue weighted by molar-refractivity contribution is 6.33. The summed E-state index contributed by atoms with van der Waals surface area (Å²) in [5.74, 6) is -1.60. The van der Waals surface area contributed by atoms with Crippen LogP contribution in [0.3, 0.4) is 0 Å². The second-order valence-corrected chi connectivity index (χ2v) is 7.15. The first-order chi connectivity index (χ1) is 12.2. The highest BCUT2D eigenvalue weighted by atomic mass is 35.5. The van der Waals surface area contributed by atoms with Crippen molar-refractivity contribution in [1.29, 1.82) is 0 Å². The lowest BCUT2D eigenvalue weighted by Gasteiger charge is -2.31. The van der Waals surface area contributed by atoms with Crippen LogP contribution < -0.4 is 10.6 Å². The zero-order chi connectivity index (χ0) is 19.9. The van der Waals surface area contributed by atoms with Crippen LogP contribution in [-0.4, -0.2) is 36.5 Å². The maximum atomic E-state index is 12.8. The summed E-state index contributed by atoms with van der Waals surface area (Å²) in [6.45, 7) is 7.15. The van der Waals surface area contributed by atoms with Crippen molar-refractivity contribution in [3.63, 3.8) is 0 Å². The molecule has 0 radical (unpaired) electrons. The maximum Gasteiger partial charge on any atom is 0.331 e. The lowest BCUT2D eigenvalue weighted by Crippen LogP contribution is -2.59. The largest absolute Gasteiger partial charge is 0.467 e. The molecule has 0 heterocycles. The molecule has 6 nitrogen and oxygen atoms in total. The molecule has 1 aromatic carbocycles. The van der Waals surface area contributed by atoms with E-state index in [9.17, 15) is 14.4 Å². The molecule has 2 N–H and O–H groups in total. The summed E-state index contributed by atoms with van der Waals surface area (Å²) in [6, 6.07) is 5.79. The van der Waals surface area contributed by atoms with Crippen molar-refractivity contribution in [2.24, 2.45) is 5.92 Å². The molecule has 2 atom stereocenters. The summed E-state index contributed by atoms with van der Waals surface area (Å²) in [5, 5.41) is 5.75. The van der Waals surface area contributed by atoms with Gasteiger partial charge in [-0.15, -0.1) is 0 Å². The van der Waals surface area contributed by atoms with Gasteiger partial charge in [-0.1, -0.05) is 50.9 Å². The fraction of sp³-hybridized carbons (Fsp3) is 0.526. The van der Waals surface area contributed by atoms with E-state index in [1.165, 1.54) is 7.11 Å². The Bertz CT molecular complexity index is 663. The van der Waals surface area contributed by atoms with Crippen molar-refractivity contribution in [1.82, 2.24) is 10.6 Å². The van der Waals surface area contributed by atoms with E-state index in [4.69, 9.17) is 16.3 Å². The number of esters is 1. The SMILES string of the molecule is CCCC(C)(NC(=O)C(NC(=O)c1ccccc1Cl)C(C)C)C(=O)OC. The first kappa shape index (κ1) is 22.0. The molecule has 0 saturated carbocycles. The van der Waals surface area contributed by atoms with Crippen molar-refractivity contribution in [2.75, 3.05) is 7.11 Å². The van der Waals surface area contributed by atoms with Crippen LogP contribution in [-0.2, 0) is 14.3 Å². The lowest BCUT2D eigenvalue weighted by atomic mass is 9.94. The van der Waals surface area contributed by atoms with Gasteiger partial charge in [0.15, 0.2) is 0 Å². The van der Waals surface area contributed by atoms with Gasteiger partial charge < -0.3 is 15.4 Å². The Hall–Kier alpha value is -2.08. The molecule has 26 heavy (non-hydrogen) atoms. The normalized spacial score (nSPS) is 14.3. The van der Waals surface area contributed by atoms with Crippen LogP contribution in [0.2, 0.25) is 5.02 Å². The molecule has 0 aliphatic heterocycles. The third-order valence-corrected chi connectivity index (χ3v) is 4.47. The summed E-state index contributed by atoms with van der Waals surface area (Å²) in [4.78, 5) is 37.4.